The van der Waals surface area contributed by atoms with Crippen molar-refractivity contribution in [2.24, 2.45) is 5.92 Å². The first-order valence-electron chi connectivity index (χ1n) is 6.97. The van der Waals surface area contributed by atoms with E-state index in [0.717, 1.165) is 24.9 Å². The fourth-order valence-electron chi connectivity index (χ4n) is 2.50. The van der Waals surface area contributed by atoms with Crippen LogP contribution in [0.4, 0.5) is 10.5 Å². The van der Waals surface area contributed by atoms with Gasteiger partial charge in [0, 0.05) is 19.0 Å². The van der Waals surface area contributed by atoms with Crippen molar-refractivity contribution in [2.75, 3.05) is 18.4 Å². The Morgan fingerprint density at radius 1 is 1.55 bits per heavy atom. The number of nitrogens with one attached hydrogen (secondary N) is 1. The summed E-state index contributed by atoms with van der Waals surface area (Å²) in [6, 6.07) is 5.40. The molecule has 0 bridgehead atoms. The van der Waals surface area contributed by atoms with Gasteiger partial charge in [0.05, 0.1) is 16.8 Å². The molecule has 1 saturated heterocycles. The molecule has 2 unspecified atom stereocenters. The largest absolute Gasteiger partial charge is 0.393 e. The first-order valence-corrected chi connectivity index (χ1v) is 7.35. The van der Waals surface area contributed by atoms with Gasteiger partial charge in [0.2, 0.25) is 0 Å². The summed E-state index contributed by atoms with van der Waals surface area (Å²) in [6.07, 6.45) is 1.51. The van der Waals surface area contributed by atoms with E-state index in [0.29, 0.717) is 17.3 Å². The number of likely N-dealkylation sites (tertiary alicyclic amines) is 1. The smallest absolute Gasteiger partial charge is 0.321 e. The maximum absolute atomic E-state index is 12.2. The molecule has 20 heavy (non-hydrogen) atoms. The average Bonchev–Trinajstić information content (AvgIpc) is 2.42. The first kappa shape index (κ1) is 15.1. The minimum absolute atomic E-state index is 0.152. The summed E-state index contributed by atoms with van der Waals surface area (Å²) in [4.78, 5) is 14.0. The lowest BCUT2D eigenvalue weighted by Crippen LogP contribution is -2.44. The van der Waals surface area contributed by atoms with Crippen LogP contribution >= 0.6 is 11.6 Å². The number of aryl methyl sites for hydroxylation is 1. The number of carbonyl (C=O) groups is 1. The monoisotopic (exact) mass is 296 g/mol. The highest BCUT2D eigenvalue weighted by Crippen LogP contribution is 2.24. The SMILES string of the molecule is Cc1ccc(NC(=O)N2CCCC(C(C)O)C2)c(Cl)c1. The minimum Gasteiger partial charge on any atom is -0.393 e. The minimum atomic E-state index is -0.381. The topological polar surface area (TPSA) is 52.6 Å². The van der Waals surface area contributed by atoms with Crippen LogP contribution in [0.1, 0.15) is 25.3 Å². The summed E-state index contributed by atoms with van der Waals surface area (Å²) in [5.41, 5.74) is 1.68. The van der Waals surface area contributed by atoms with Crippen molar-refractivity contribution in [2.45, 2.75) is 32.8 Å². The second-order valence-corrected chi connectivity index (χ2v) is 5.91. The van der Waals surface area contributed by atoms with Crippen LogP contribution in [0.25, 0.3) is 0 Å². The van der Waals surface area contributed by atoms with E-state index in [1.165, 1.54) is 0 Å². The Labute approximate surface area is 124 Å². The predicted molar refractivity (Wildman–Crippen MR) is 81.2 cm³/mol. The second-order valence-electron chi connectivity index (χ2n) is 5.50. The number of hydrogen-bond donors (Lipinski definition) is 2. The second kappa shape index (κ2) is 6.46. The fourth-order valence-corrected chi connectivity index (χ4v) is 2.79. The van der Waals surface area contributed by atoms with Crippen LogP contribution in [0.15, 0.2) is 18.2 Å². The van der Waals surface area contributed by atoms with Crippen LogP contribution in [0, 0.1) is 12.8 Å². The lowest BCUT2D eigenvalue weighted by atomic mass is 9.94. The highest BCUT2D eigenvalue weighted by atomic mass is 35.5. The molecule has 0 aromatic heterocycles. The molecule has 2 rings (SSSR count). The number of carbonyl (C=O) groups excluding carboxylic acids is 1. The molecule has 0 radical (unpaired) electrons. The molecule has 5 heteroatoms. The van der Waals surface area contributed by atoms with Gasteiger partial charge < -0.3 is 15.3 Å². The normalized spacial score (nSPS) is 20.6. The molecular weight excluding hydrogens is 276 g/mol. The Morgan fingerprint density at radius 3 is 2.95 bits per heavy atom. The number of urea groups is 1. The molecule has 0 saturated carbocycles. The van der Waals surface area contributed by atoms with E-state index in [-0.39, 0.29) is 18.1 Å². The number of halogens is 1. The summed E-state index contributed by atoms with van der Waals surface area (Å²) in [5.74, 6) is 0.156. The number of aliphatic hydroxyl groups excluding tert-OH is 1. The standard InChI is InChI=1S/C15H21ClN2O2/c1-10-5-6-14(13(16)8-10)17-15(20)18-7-3-4-12(9-18)11(2)19/h5-6,8,11-12,19H,3-4,7,9H2,1-2H3,(H,17,20). The van der Waals surface area contributed by atoms with E-state index in [1.807, 2.05) is 25.1 Å². The van der Waals surface area contributed by atoms with Crippen molar-refractivity contribution in [3.8, 4) is 0 Å². The number of amides is 2. The van der Waals surface area contributed by atoms with Gasteiger partial charge in [0.1, 0.15) is 0 Å². The van der Waals surface area contributed by atoms with Gasteiger partial charge in [-0.1, -0.05) is 17.7 Å². The number of anilines is 1. The molecule has 0 aliphatic carbocycles. The highest BCUT2D eigenvalue weighted by Gasteiger charge is 2.26. The van der Waals surface area contributed by atoms with Crippen LogP contribution in [-0.2, 0) is 0 Å². The van der Waals surface area contributed by atoms with Crippen molar-refractivity contribution in [1.82, 2.24) is 4.90 Å². The zero-order chi connectivity index (χ0) is 14.7. The van der Waals surface area contributed by atoms with E-state index in [1.54, 1.807) is 11.8 Å². The maximum atomic E-state index is 12.2. The van der Waals surface area contributed by atoms with Gasteiger partial charge in [-0.2, -0.15) is 0 Å². The Balaban J connectivity index is 2.00. The third-order valence-electron chi connectivity index (χ3n) is 3.79. The molecule has 1 aromatic carbocycles. The van der Waals surface area contributed by atoms with Gasteiger partial charge in [-0.15, -0.1) is 0 Å². The van der Waals surface area contributed by atoms with Crippen molar-refractivity contribution < 1.29 is 9.90 Å². The summed E-state index contributed by atoms with van der Waals surface area (Å²) in [6.45, 7) is 5.05. The van der Waals surface area contributed by atoms with Crippen molar-refractivity contribution in [3.05, 3.63) is 28.8 Å². The van der Waals surface area contributed by atoms with Crippen molar-refractivity contribution >= 4 is 23.3 Å². The Kier molecular flexibility index (Phi) is 4.89. The molecule has 1 heterocycles. The molecular formula is C15H21ClN2O2. The number of hydrogen-bond acceptors (Lipinski definition) is 2. The molecule has 2 N–H and O–H groups in total. The lowest BCUT2D eigenvalue weighted by molar-refractivity contribution is 0.0766. The predicted octanol–water partition coefficient (Wildman–Crippen LogP) is 3.27. The van der Waals surface area contributed by atoms with E-state index < -0.39 is 0 Å². The summed E-state index contributed by atoms with van der Waals surface area (Å²) in [5, 5.41) is 13.0. The third-order valence-corrected chi connectivity index (χ3v) is 4.11. The van der Waals surface area contributed by atoms with Gasteiger partial charge in [0.25, 0.3) is 0 Å². The zero-order valence-corrected chi connectivity index (χ0v) is 12.7. The Hall–Kier alpha value is -1.26. The quantitative estimate of drug-likeness (QED) is 0.880. The molecule has 1 fully saturated rings. The zero-order valence-electron chi connectivity index (χ0n) is 11.9. The van der Waals surface area contributed by atoms with Crippen LogP contribution in [0.2, 0.25) is 5.02 Å². The number of benzene rings is 1. The van der Waals surface area contributed by atoms with Gasteiger partial charge >= 0.3 is 6.03 Å². The number of nitrogens with zero attached hydrogens (tertiary/aromatic N) is 1. The molecule has 2 amide bonds. The van der Waals surface area contributed by atoms with Crippen LogP contribution in [0.5, 0.6) is 0 Å². The molecule has 1 aromatic rings. The number of rotatable bonds is 2. The number of piperidine rings is 1. The molecule has 4 nitrogen and oxygen atoms in total. The molecule has 1 aliphatic rings. The van der Waals surface area contributed by atoms with Crippen molar-refractivity contribution in [1.29, 1.82) is 0 Å². The van der Waals surface area contributed by atoms with E-state index >= 15 is 0 Å². The summed E-state index contributed by atoms with van der Waals surface area (Å²) < 4.78 is 0. The van der Waals surface area contributed by atoms with E-state index in [4.69, 9.17) is 11.6 Å². The summed E-state index contributed by atoms with van der Waals surface area (Å²) >= 11 is 6.12. The Morgan fingerprint density at radius 2 is 2.30 bits per heavy atom. The molecule has 2 atom stereocenters. The van der Waals surface area contributed by atoms with E-state index in [9.17, 15) is 9.90 Å². The Bertz CT molecular complexity index is 491. The number of aliphatic hydroxyl groups is 1. The van der Waals surface area contributed by atoms with Gasteiger partial charge in [-0.05, 0) is 44.4 Å². The lowest BCUT2D eigenvalue weighted by Gasteiger charge is -2.34. The van der Waals surface area contributed by atoms with Crippen LogP contribution < -0.4 is 5.32 Å². The highest BCUT2D eigenvalue weighted by molar-refractivity contribution is 6.33. The summed E-state index contributed by atoms with van der Waals surface area (Å²) in [7, 11) is 0. The van der Waals surface area contributed by atoms with Crippen LogP contribution in [-0.4, -0.2) is 35.2 Å². The van der Waals surface area contributed by atoms with E-state index in [2.05, 4.69) is 5.32 Å². The molecule has 1 aliphatic heterocycles. The third kappa shape index (κ3) is 3.64. The van der Waals surface area contributed by atoms with Crippen molar-refractivity contribution in [3.63, 3.8) is 0 Å². The van der Waals surface area contributed by atoms with Gasteiger partial charge in [-0.25, -0.2) is 4.79 Å². The first-order chi connectivity index (χ1) is 9.47. The fraction of sp³-hybridized carbons (Fsp3) is 0.533. The molecule has 110 valence electrons. The van der Waals surface area contributed by atoms with Gasteiger partial charge in [0.15, 0.2) is 0 Å². The van der Waals surface area contributed by atoms with Gasteiger partial charge in [-0.3, -0.25) is 0 Å². The maximum Gasteiger partial charge on any atom is 0.321 e. The average molecular weight is 297 g/mol. The molecule has 0 spiro atoms. The van der Waals surface area contributed by atoms with Crippen LogP contribution in [0.3, 0.4) is 0 Å².